The van der Waals surface area contributed by atoms with Gasteiger partial charge in [-0.25, -0.2) is 29.9 Å². The van der Waals surface area contributed by atoms with Crippen LogP contribution in [-0.4, -0.2) is 72.8 Å². The van der Waals surface area contributed by atoms with Crippen LogP contribution in [0.15, 0.2) is 25.3 Å². The van der Waals surface area contributed by atoms with Crippen LogP contribution in [0.2, 0.25) is 78.6 Å². The molecule has 4 aromatic rings. The minimum Gasteiger partial charge on any atom is -0.408 e. The van der Waals surface area contributed by atoms with E-state index in [0.29, 0.717) is 0 Å². The molecule has 0 radical (unpaired) electrons. The fraction of sp³-hybridized carbons (Fsp3) is 0.545. The molecular formula is C22H42N10Si4. The van der Waals surface area contributed by atoms with Crippen molar-refractivity contribution in [1.29, 1.82) is 0 Å². The van der Waals surface area contributed by atoms with E-state index < -0.39 is 32.9 Å². The smallest absolute Gasteiger partial charge is 0.182 e. The highest BCUT2D eigenvalue weighted by Gasteiger charge is 2.37. The molecule has 0 unspecified atom stereocenters. The van der Waals surface area contributed by atoms with Crippen molar-refractivity contribution in [2.75, 3.05) is 8.46 Å². The predicted molar refractivity (Wildman–Crippen MR) is 162 cm³/mol. The molecule has 14 heteroatoms. The van der Waals surface area contributed by atoms with Crippen LogP contribution in [0.3, 0.4) is 0 Å². The monoisotopic (exact) mass is 558 g/mol. The highest BCUT2D eigenvalue weighted by Crippen LogP contribution is 2.31. The fourth-order valence-electron chi connectivity index (χ4n) is 5.13. The molecule has 0 spiro atoms. The van der Waals surface area contributed by atoms with Crippen molar-refractivity contribution in [2.24, 2.45) is 0 Å². The molecule has 0 atom stereocenters. The molecule has 0 aliphatic rings. The minimum atomic E-state index is -1.50. The molecule has 10 nitrogen and oxygen atoms in total. The van der Waals surface area contributed by atoms with E-state index in [9.17, 15) is 0 Å². The number of nitrogens with zero attached hydrogens (tertiary/aromatic N) is 8. The molecule has 196 valence electrons. The van der Waals surface area contributed by atoms with Crippen LogP contribution in [0.4, 0.5) is 11.6 Å². The van der Waals surface area contributed by atoms with Crippen molar-refractivity contribution in [3.05, 3.63) is 25.3 Å². The van der Waals surface area contributed by atoms with Gasteiger partial charge < -0.3 is 18.4 Å². The number of aromatic nitrogens is 8. The standard InChI is InChI=1S/2C11H21N5Si2/c2*1-17(2,3)16(18(4,5)6)11-9-10(13-7-12-9)14-8-15-11/h2*7-8H,1-6H3,(H,12,13,14,15). The van der Waals surface area contributed by atoms with Gasteiger partial charge in [-0.05, 0) is 0 Å². The third kappa shape index (κ3) is 6.09. The molecule has 4 heterocycles. The molecule has 36 heavy (non-hydrogen) atoms. The van der Waals surface area contributed by atoms with Gasteiger partial charge in [0.25, 0.3) is 0 Å². The number of nitrogens with one attached hydrogen (secondary N) is 2. The van der Waals surface area contributed by atoms with E-state index in [1.807, 2.05) is 0 Å². The zero-order valence-corrected chi connectivity index (χ0v) is 27.9. The molecule has 0 aliphatic heterocycles. The maximum absolute atomic E-state index is 4.53. The number of hydrogen-bond donors (Lipinski definition) is 2. The summed E-state index contributed by atoms with van der Waals surface area (Å²) in [6.45, 7) is 28.3. The highest BCUT2D eigenvalue weighted by molar-refractivity contribution is 7.00. The molecule has 0 saturated heterocycles. The number of fused-ring (bicyclic) bond motifs is 2. The maximum atomic E-state index is 4.53. The van der Waals surface area contributed by atoms with Crippen molar-refractivity contribution >= 4 is 66.9 Å². The van der Waals surface area contributed by atoms with Crippen molar-refractivity contribution in [2.45, 2.75) is 78.6 Å². The summed E-state index contributed by atoms with van der Waals surface area (Å²) in [6.07, 6.45) is 6.61. The first-order valence-electron chi connectivity index (χ1n) is 12.3. The van der Waals surface area contributed by atoms with Gasteiger partial charge in [0.05, 0.1) is 12.7 Å². The molecule has 0 fully saturated rings. The summed E-state index contributed by atoms with van der Waals surface area (Å²) in [4.78, 5) is 32.3. The van der Waals surface area contributed by atoms with Crippen LogP contribution < -0.4 is 8.46 Å². The normalized spacial score (nSPS) is 13.0. The molecule has 0 aliphatic carbocycles. The molecular weight excluding hydrogens is 517 g/mol. The Labute approximate surface area is 218 Å². The number of H-pyrrole nitrogens is 2. The third-order valence-corrected chi connectivity index (χ3v) is 19.8. The highest BCUT2D eigenvalue weighted by atomic mass is 28.4. The van der Waals surface area contributed by atoms with Crippen molar-refractivity contribution in [3.63, 3.8) is 0 Å². The lowest BCUT2D eigenvalue weighted by Gasteiger charge is -2.44. The molecule has 4 aromatic heterocycles. The number of aromatic amines is 2. The molecule has 0 saturated carbocycles. The number of hydrogen-bond acceptors (Lipinski definition) is 8. The summed E-state index contributed by atoms with van der Waals surface area (Å²) in [7, 11) is -5.99. The van der Waals surface area contributed by atoms with Gasteiger partial charge in [0.1, 0.15) is 68.3 Å². The van der Waals surface area contributed by atoms with E-state index in [4.69, 9.17) is 0 Å². The van der Waals surface area contributed by atoms with Crippen LogP contribution >= 0.6 is 0 Å². The van der Waals surface area contributed by atoms with Crippen molar-refractivity contribution in [3.8, 4) is 0 Å². The second-order valence-electron chi connectivity index (χ2n) is 13.0. The first-order valence-corrected chi connectivity index (χ1v) is 26.1. The second kappa shape index (κ2) is 9.79. The van der Waals surface area contributed by atoms with Crippen LogP contribution in [0.25, 0.3) is 22.3 Å². The van der Waals surface area contributed by atoms with Crippen LogP contribution in [-0.2, 0) is 0 Å². The van der Waals surface area contributed by atoms with Gasteiger partial charge in [0.15, 0.2) is 11.3 Å². The second-order valence-corrected chi connectivity index (χ2v) is 33.0. The van der Waals surface area contributed by atoms with Crippen molar-refractivity contribution < 1.29 is 0 Å². The molecule has 0 amide bonds. The maximum Gasteiger partial charge on any atom is 0.182 e. The van der Waals surface area contributed by atoms with Gasteiger partial charge in [-0.2, -0.15) is 0 Å². The van der Waals surface area contributed by atoms with Gasteiger partial charge in [-0.1, -0.05) is 78.6 Å². The van der Waals surface area contributed by atoms with Gasteiger partial charge in [0, 0.05) is 0 Å². The number of anilines is 2. The van der Waals surface area contributed by atoms with Gasteiger partial charge in [0.2, 0.25) is 0 Å². The zero-order valence-electron chi connectivity index (χ0n) is 23.9. The largest absolute Gasteiger partial charge is 0.408 e. The van der Waals surface area contributed by atoms with Gasteiger partial charge in [-0.15, -0.1) is 0 Å². The Kier molecular flexibility index (Phi) is 7.66. The summed E-state index contributed by atoms with van der Waals surface area (Å²) < 4.78 is 5.14. The third-order valence-electron chi connectivity index (χ3n) is 5.51. The van der Waals surface area contributed by atoms with E-state index in [-0.39, 0.29) is 0 Å². The Balaban J connectivity index is 0.000000201. The number of rotatable bonds is 6. The summed E-state index contributed by atoms with van der Waals surface area (Å²) in [5, 5.41) is 0. The summed E-state index contributed by atoms with van der Waals surface area (Å²) in [5.41, 5.74) is 3.42. The topological polar surface area (TPSA) is 115 Å². The minimum absolute atomic E-state index is 0.751. The first kappa shape index (κ1) is 28.1. The first-order chi connectivity index (χ1) is 16.4. The SMILES string of the molecule is C[Si](C)(C)N(c1ncnc2nc[nH]c12)[Si](C)(C)C.C[Si](C)(C)N(c1ncnc2nc[nH]c12)[Si](C)(C)C. The van der Waals surface area contributed by atoms with Gasteiger partial charge >= 0.3 is 0 Å². The molecule has 2 N–H and O–H groups in total. The van der Waals surface area contributed by atoms with Crippen LogP contribution in [0.5, 0.6) is 0 Å². The van der Waals surface area contributed by atoms with Crippen LogP contribution in [0.1, 0.15) is 0 Å². The van der Waals surface area contributed by atoms with E-state index in [2.05, 4.69) is 127 Å². The van der Waals surface area contributed by atoms with Crippen LogP contribution in [0, 0.1) is 0 Å². The Morgan fingerprint density at radius 3 is 1.06 bits per heavy atom. The average molecular weight is 559 g/mol. The summed E-state index contributed by atoms with van der Waals surface area (Å²) >= 11 is 0. The van der Waals surface area contributed by atoms with E-state index >= 15 is 0 Å². The zero-order chi connectivity index (χ0) is 27.1. The summed E-state index contributed by atoms with van der Waals surface area (Å²) in [5.74, 6) is 2.05. The lowest BCUT2D eigenvalue weighted by molar-refractivity contribution is 1.16. The molecule has 0 bridgehead atoms. The Morgan fingerprint density at radius 2 is 0.778 bits per heavy atom. The van der Waals surface area contributed by atoms with E-state index in [0.717, 1.165) is 34.0 Å². The fourth-order valence-corrected chi connectivity index (χ4v) is 24.4. The Hall–Kier alpha value is -2.43. The van der Waals surface area contributed by atoms with E-state index in [1.165, 1.54) is 0 Å². The Bertz CT molecular complexity index is 1180. The Morgan fingerprint density at radius 1 is 0.472 bits per heavy atom. The number of imidazole rings is 2. The quantitative estimate of drug-likeness (QED) is 0.291. The van der Waals surface area contributed by atoms with E-state index in [1.54, 1.807) is 25.3 Å². The predicted octanol–water partition coefficient (Wildman–Crippen LogP) is 5.66. The van der Waals surface area contributed by atoms with Gasteiger partial charge in [-0.3, -0.25) is 0 Å². The average Bonchev–Trinajstić information content (AvgIpc) is 3.34. The summed E-state index contributed by atoms with van der Waals surface area (Å²) in [6, 6.07) is 0. The molecule has 0 aromatic carbocycles. The lowest BCUT2D eigenvalue weighted by Crippen LogP contribution is -2.60. The van der Waals surface area contributed by atoms with Crippen molar-refractivity contribution in [1.82, 2.24) is 39.9 Å². The lowest BCUT2D eigenvalue weighted by atomic mass is 10.5. The molecule has 4 rings (SSSR count).